The van der Waals surface area contributed by atoms with Gasteiger partial charge in [0.15, 0.2) is 11.1 Å². The highest BCUT2D eigenvalue weighted by atomic mass is 32.2. The normalized spacial score (nSPS) is 21.7. The highest BCUT2D eigenvalue weighted by Crippen LogP contribution is 2.34. The second-order valence-corrected chi connectivity index (χ2v) is 5.83. The van der Waals surface area contributed by atoms with Crippen LogP contribution in [0.3, 0.4) is 0 Å². The lowest BCUT2D eigenvalue weighted by Crippen LogP contribution is -2.29. The van der Waals surface area contributed by atoms with Crippen molar-refractivity contribution in [2.45, 2.75) is 49.5 Å². The van der Waals surface area contributed by atoms with Gasteiger partial charge in [-0.15, -0.1) is 0 Å². The molecule has 1 saturated carbocycles. The molecule has 1 atom stereocenters. The zero-order chi connectivity index (χ0) is 13.2. The molecule has 2 nitrogen and oxygen atoms in total. The zero-order valence-corrected chi connectivity index (χ0v) is 11.0. The average molecular weight is 274 g/mol. The van der Waals surface area contributed by atoms with Gasteiger partial charge in [-0.25, -0.2) is 13.0 Å². The maximum atomic E-state index is 13.0. The zero-order valence-electron chi connectivity index (χ0n) is 10.2. The quantitative estimate of drug-likeness (QED) is 0.841. The summed E-state index contributed by atoms with van der Waals surface area (Å²) in [6.45, 7) is 1.94. The third kappa shape index (κ3) is 3.59. The number of hydrogen-bond donors (Lipinski definition) is 0. The van der Waals surface area contributed by atoms with E-state index in [4.69, 9.17) is 4.18 Å². The largest absolute Gasteiger partial charge is 0.283 e. The highest BCUT2D eigenvalue weighted by molar-refractivity contribution is 7.80. The summed E-state index contributed by atoms with van der Waals surface area (Å²) in [6, 6.07) is 7.18. The molecule has 0 bridgehead atoms. The van der Waals surface area contributed by atoms with Gasteiger partial charge >= 0.3 is 0 Å². The van der Waals surface area contributed by atoms with Crippen molar-refractivity contribution in [3.8, 4) is 0 Å². The topological polar surface area (TPSA) is 26.3 Å². The number of alkyl halides is 2. The van der Waals surface area contributed by atoms with Gasteiger partial charge in [0.2, 0.25) is 5.92 Å². The number of rotatable bonds is 3. The summed E-state index contributed by atoms with van der Waals surface area (Å²) < 4.78 is 43.1. The third-order valence-corrected chi connectivity index (χ3v) is 4.21. The Morgan fingerprint density at radius 3 is 2.33 bits per heavy atom. The Bertz CT molecular complexity index is 421. The SMILES string of the molecule is Cc1ccc(S(=O)OC2CCC(F)(F)CC2)cc1. The fraction of sp³-hybridized carbons (Fsp3) is 0.538. The van der Waals surface area contributed by atoms with Crippen LogP contribution in [-0.2, 0) is 15.3 Å². The first-order valence-corrected chi connectivity index (χ1v) is 7.07. The van der Waals surface area contributed by atoms with E-state index in [-0.39, 0.29) is 31.8 Å². The minimum atomic E-state index is -2.58. The van der Waals surface area contributed by atoms with Crippen molar-refractivity contribution in [1.82, 2.24) is 0 Å². The number of hydrogen-bond acceptors (Lipinski definition) is 2. The Hall–Kier alpha value is -0.810. The van der Waals surface area contributed by atoms with Gasteiger partial charge in [-0.2, -0.15) is 0 Å². The second kappa shape index (κ2) is 5.45. The molecule has 1 aromatic rings. The standard InChI is InChI=1S/C13H16F2O2S/c1-10-2-4-12(5-3-10)18(16)17-11-6-8-13(14,15)9-7-11/h2-5,11H,6-9H2,1H3. The Labute approximate surface area is 108 Å². The van der Waals surface area contributed by atoms with Crippen LogP contribution >= 0.6 is 0 Å². The van der Waals surface area contributed by atoms with Gasteiger partial charge in [0, 0.05) is 12.8 Å². The molecule has 0 aliphatic heterocycles. The Morgan fingerprint density at radius 1 is 1.22 bits per heavy atom. The number of benzene rings is 1. The summed E-state index contributed by atoms with van der Waals surface area (Å²) >= 11 is -1.56. The van der Waals surface area contributed by atoms with Crippen LogP contribution in [0.15, 0.2) is 29.2 Å². The van der Waals surface area contributed by atoms with Crippen LogP contribution in [0.4, 0.5) is 8.78 Å². The molecule has 0 heterocycles. The van der Waals surface area contributed by atoms with Crippen LogP contribution in [-0.4, -0.2) is 16.2 Å². The molecule has 0 aromatic heterocycles. The van der Waals surface area contributed by atoms with E-state index in [0.717, 1.165) is 5.56 Å². The van der Waals surface area contributed by atoms with Crippen LogP contribution in [0, 0.1) is 6.92 Å². The van der Waals surface area contributed by atoms with Gasteiger partial charge in [0.05, 0.1) is 11.0 Å². The minimum Gasteiger partial charge on any atom is -0.283 e. The Morgan fingerprint density at radius 2 is 1.78 bits per heavy atom. The van der Waals surface area contributed by atoms with E-state index in [1.54, 1.807) is 12.1 Å². The second-order valence-electron chi connectivity index (χ2n) is 4.70. The lowest BCUT2D eigenvalue weighted by Gasteiger charge is -2.27. The van der Waals surface area contributed by atoms with Gasteiger partial charge in [-0.1, -0.05) is 17.7 Å². The average Bonchev–Trinajstić information content (AvgIpc) is 2.33. The van der Waals surface area contributed by atoms with Gasteiger partial charge < -0.3 is 0 Å². The molecule has 0 radical (unpaired) electrons. The number of halogens is 2. The van der Waals surface area contributed by atoms with E-state index >= 15 is 0 Å². The number of aryl methyl sites for hydroxylation is 1. The molecular weight excluding hydrogens is 258 g/mol. The molecule has 1 aliphatic carbocycles. The molecule has 100 valence electrons. The highest BCUT2D eigenvalue weighted by Gasteiger charge is 2.36. The lowest BCUT2D eigenvalue weighted by atomic mass is 9.94. The van der Waals surface area contributed by atoms with E-state index in [9.17, 15) is 13.0 Å². The Kier molecular flexibility index (Phi) is 4.12. The fourth-order valence-electron chi connectivity index (χ4n) is 1.94. The molecule has 1 aromatic carbocycles. The van der Waals surface area contributed by atoms with E-state index in [0.29, 0.717) is 4.90 Å². The van der Waals surface area contributed by atoms with Gasteiger partial charge in [-0.3, -0.25) is 4.18 Å². The van der Waals surface area contributed by atoms with Crippen molar-refractivity contribution in [3.05, 3.63) is 29.8 Å². The predicted octanol–water partition coefficient (Wildman–Crippen LogP) is 3.61. The molecule has 0 N–H and O–H groups in total. The Balaban J connectivity index is 1.90. The van der Waals surface area contributed by atoms with Crippen LogP contribution in [0.25, 0.3) is 0 Å². The summed E-state index contributed by atoms with van der Waals surface area (Å²) in [4.78, 5) is 0.581. The molecule has 18 heavy (non-hydrogen) atoms. The van der Waals surface area contributed by atoms with E-state index in [1.807, 2.05) is 19.1 Å². The third-order valence-electron chi connectivity index (χ3n) is 3.10. The fourth-order valence-corrected chi connectivity index (χ4v) is 2.85. The molecule has 1 unspecified atom stereocenters. The predicted molar refractivity (Wildman–Crippen MR) is 65.9 cm³/mol. The maximum absolute atomic E-state index is 13.0. The van der Waals surface area contributed by atoms with Crippen LogP contribution < -0.4 is 0 Å². The van der Waals surface area contributed by atoms with Crippen molar-refractivity contribution in [3.63, 3.8) is 0 Å². The van der Waals surface area contributed by atoms with Gasteiger partial charge in [0.1, 0.15) is 0 Å². The van der Waals surface area contributed by atoms with Crippen molar-refractivity contribution in [1.29, 1.82) is 0 Å². The van der Waals surface area contributed by atoms with E-state index in [2.05, 4.69) is 0 Å². The van der Waals surface area contributed by atoms with Crippen molar-refractivity contribution < 1.29 is 17.2 Å². The van der Waals surface area contributed by atoms with Crippen molar-refractivity contribution in [2.75, 3.05) is 0 Å². The van der Waals surface area contributed by atoms with Crippen molar-refractivity contribution in [2.24, 2.45) is 0 Å². The molecule has 0 spiro atoms. The van der Waals surface area contributed by atoms with E-state index in [1.165, 1.54) is 0 Å². The van der Waals surface area contributed by atoms with Crippen LogP contribution in [0.2, 0.25) is 0 Å². The molecule has 1 fully saturated rings. The minimum absolute atomic E-state index is 0.178. The van der Waals surface area contributed by atoms with Crippen LogP contribution in [0.1, 0.15) is 31.2 Å². The van der Waals surface area contributed by atoms with E-state index < -0.39 is 17.0 Å². The maximum Gasteiger partial charge on any atom is 0.248 e. The first kappa shape index (κ1) is 13.6. The summed E-state index contributed by atoms with van der Waals surface area (Å²) in [5, 5.41) is 0. The molecule has 5 heteroatoms. The first-order valence-electron chi connectivity index (χ1n) is 6.00. The summed E-state index contributed by atoms with van der Waals surface area (Å²) in [6.07, 6.45) is -0.146. The summed E-state index contributed by atoms with van der Waals surface area (Å²) in [5.41, 5.74) is 1.08. The molecule has 0 saturated heterocycles. The van der Waals surface area contributed by atoms with Crippen molar-refractivity contribution >= 4 is 11.1 Å². The molecule has 0 amide bonds. The van der Waals surface area contributed by atoms with Gasteiger partial charge in [-0.05, 0) is 31.9 Å². The summed E-state index contributed by atoms with van der Waals surface area (Å²) in [7, 11) is 0. The van der Waals surface area contributed by atoms with Crippen LogP contribution in [0.5, 0.6) is 0 Å². The monoisotopic (exact) mass is 274 g/mol. The molecule has 2 rings (SSSR count). The first-order chi connectivity index (χ1) is 8.46. The molecule has 1 aliphatic rings. The lowest BCUT2D eigenvalue weighted by molar-refractivity contribution is -0.0565. The van der Waals surface area contributed by atoms with Gasteiger partial charge in [0.25, 0.3) is 0 Å². The summed E-state index contributed by atoms with van der Waals surface area (Å²) in [5.74, 6) is -2.58. The smallest absolute Gasteiger partial charge is 0.248 e. The molecular formula is C13H16F2O2S.